The van der Waals surface area contributed by atoms with Crippen LogP contribution >= 0.6 is 0 Å². The molecule has 30 heavy (non-hydrogen) atoms. The van der Waals surface area contributed by atoms with Crippen LogP contribution in [0.15, 0.2) is 23.1 Å². The van der Waals surface area contributed by atoms with Crippen LogP contribution in [0.5, 0.6) is 5.75 Å². The van der Waals surface area contributed by atoms with E-state index in [9.17, 15) is 13.2 Å². The highest BCUT2D eigenvalue weighted by molar-refractivity contribution is 7.90. The van der Waals surface area contributed by atoms with Crippen molar-refractivity contribution < 1.29 is 13.2 Å². The Labute approximate surface area is 176 Å². The molecule has 0 spiro atoms. The highest BCUT2D eigenvalue weighted by Crippen LogP contribution is 2.43. The highest BCUT2D eigenvalue weighted by Gasteiger charge is 2.32. The molecule has 160 valence electrons. The van der Waals surface area contributed by atoms with Gasteiger partial charge in [0.2, 0.25) is 0 Å². The van der Waals surface area contributed by atoms with Crippen LogP contribution in [0.1, 0.15) is 42.2 Å². The Morgan fingerprint density at radius 2 is 2.10 bits per heavy atom. The molecule has 1 atom stereocenters. The molecule has 1 unspecified atom stereocenters. The largest absolute Gasteiger partial charge is 0.489 e. The molecule has 3 aliphatic rings. The predicted octanol–water partition coefficient (Wildman–Crippen LogP) is 2.96. The first-order valence-corrected chi connectivity index (χ1v) is 12.5. The van der Waals surface area contributed by atoms with Crippen molar-refractivity contribution in [1.82, 2.24) is 9.13 Å². The van der Waals surface area contributed by atoms with Crippen LogP contribution in [0.2, 0.25) is 0 Å². The van der Waals surface area contributed by atoms with E-state index in [4.69, 9.17) is 4.74 Å². The minimum Gasteiger partial charge on any atom is -0.489 e. The van der Waals surface area contributed by atoms with Crippen molar-refractivity contribution in [3.8, 4) is 17.0 Å². The zero-order valence-corrected chi connectivity index (χ0v) is 18.2. The molecule has 0 radical (unpaired) electrons. The number of sulfone groups is 1. The molecule has 0 saturated heterocycles. The summed E-state index contributed by atoms with van der Waals surface area (Å²) in [7, 11) is -1.50. The monoisotopic (exact) mass is 429 g/mol. The van der Waals surface area contributed by atoms with Crippen LogP contribution in [-0.2, 0) is 23.4 Å². The van der Waals surface area contributed by atoms with E-state index in [0.29, 0.717) is 31.0 Å². The van der Waals surface area contributed by atoms with Gasteiger partial charge in [0.05, 0.1) is 16.5 Å². The van der Waals surface area contributed by atoms with Crippen molar-refractivity contribution in [3.05, 3.63) is 40.0 Å². The third-order valence-electron chi connectivity index (χ3n) is 6.37. The quantitative estimate of drug-likeness (QED) is 0.790. The summed E-state index contributed by atoms with van der Waals surface area (Å²) >= 11 is 0. The van der Waals surface area contributed by atoms with Gasteiger partial charge in [0.1, 0.15) is 12.3 Å². The highest BCUT2D eigenvalue weighted by atomic mass is 32.2. The Morgan fingerprint density at radius 3 is 2.83 bits per heavy atom. The first kappa shape index (κ1) is 19.5. The number of ether oxygens (including phenoxy) is 1. The van der Waals surface area contributed by atoms with Gasteiger partial charge in [0.25, 0.3) is 5.56 Å². The number of aryl methyl sites for hydroxylation is 1. The van der Waals surface area contributed by atoms with Gasteiger partial charge in [-0.25, -0.2) is 8.42 Å². The van der Waals surface area contributed by atoms with Crippen molar-refractivity contribution in [2.24, 2.45) is 13.0 Å². The summed E-state index contributed by atoms with van der Waals surface area (Å²) < 4.78 is 34.7. The maximum atomic E-state index is 12.6. The fraction of sp³-hybridized carbons (Fsp3) is 0.500. The van der Waals surface area contributed by atoms with E-state index in [1.165, 1.54) is 19.1 Å². The molecule has 5 rings (SSSR count). The second-order valence-electron chi connectivity index (χ2n) is 8.65. The second kappa shape index (κ2) is 7.04. The van der Waals surface area contributed by atoms with Crippen molar-refractivity contribution in [2.75, 3.05) is 24.7 Å². The molecule has 2 aliphatic carbocycles. The smallest absolute Gasteiger partial charge is 0.277 e. The Hall–Kier alpha value is -2.48. The lowest BCUT2D eigenvalue weighted by Gasteiger charge is -2.23. The average molecular weight is 430 g/mol. The lowest BCUT2D eigenvalue weighted by molar-refractivity contribution is 0.323. The molecule has 2 aromatic heterocycles. The maximum Gasteiger partial charge on any atom is 0.277 e. The van der Waals surface area contributed by atoms with Gasteiger partial charge in [-0.3, -0.25) is 4.79 Å². The molecule has 1 fully saturated rings. The zero-order chi connectivity index (χ0) is 21.0. The molecule has 1 saturated carbocycles. The van der Waals surface area contributed by atoms with E-state index in [0.717, 1.165) is 41.4 Å². The number of rotatable bonds is 5. The average Bonchev–Trinajstić information content (AvgIpc) is 3.47. The van der Waals surface area contributed by atoms with E-state index in [1.54, 1.807) is 11.6 Å². The molecule has 7 nitrogen and oxygen atoms in total. The van der Waals surface area contributed by atoms with Gasteiger partial charge < -0.3 is 19.2 Å². The van der Waals surface area contributed by atoms with Gasteiger partial charge in [-0.15, -0.1) is 0 Å². The van der Waals surface area contributed by atoms with Gasteiger partial charge >= 0.3 is 0 Å². The van der Waals surface area contributed by atoms with Crippen LogP contribution in [0.4, 0.5) is 5.69 Å². The van der Waals surface area contributed by atoms with E-state index in [2.05, 4.69) is 9.88 Å². The SMILES string of the molecule is Cn1cc(-c2cc3c(n2CCC2CC2)C=CCC3S(C)(=O)=O)c2c(c1=O)NCCO2. The predicted molar refractivity (Wildman–Crippen MR) is 118 cm³/mol. The van der Waals surface area contributed by atoms with Crippen LogP contribution < -0.4 is 15.6 Å². The van der Waals surface area contributed by atoms with Gasteiger partial charge in [0, 0.05) is 38.3 Å². The van der Waals surface area contributed by atoms with Crippen LogP contribution in [0.25, 0.3) is 17.3 Å². The molecule has 1 N–H and O–H groups in total. The summed E-state index contributed by atoms with van der Waals surface area (Å²) in [6.45, 7) is 1.90. The number of aromatic nitrogens is 2. The first-order chi connectivity index (χ1) is 14.3. The Bertz CT molecular complexity index is 1200. The molecule has 2 aromatic rings. The number of allylic oxidation sites excluding steroid dienone is 1. The summed E-state index contributed by atoms with van der Waals surface area (Å²) in [6.07, 6.45) is 11.2. The minimum atomic E-state index is -3.24. The maximum absolute atomic E-state index is 12.6. The summed E-state index contributed by atoms with van der Waals surface area (Å²) in [5.74, 6) is 1.31. The van der Waals surface area contributed by atoms with Gasteiger partial charge in [0.15, 0.2) is 15.6 Å². The van der Waals surface area contributed by atoms with Gasteiger partial charge in [-0.1, -0.05) is 18.9 Å². The minimum absolute atomic E-state index is 0.122. The third kappa shape index (κ3) is 3.27. The lowest BCUT2D eigenvalue weighted by Crippen LogP contribution is -2.28. The number of nitrogens with one attached hydrogen (secondary N) is 1. The van der Waals surface area contributed by atoms with Crippen molar-refractivity contribution in [2.45, 2.75) is 37.5 Å². The van der Waals surface area contributed by atoms with Crippen LogP contribution in [0, 0.1) is 5.92 Å². The topological polar surface area (TPSA) is 82.3 Å². The number of anilines is 1. The fourth-order valence-electron chi connectivity index (χ4n) is 4.58. The summed E-state index contributed by atoms with van der Waals surface area (Å²) in [4.78, 5) is 12.6. The summed E-state index contributed by atoms with van der Waals surface area (Å²) in [6, 6.07) is 2.00. The lowest BCUT2D eigenvalue weighted by atomic mass is 10.0. The molecular formula is C22H27N3O4S. The Balaban J connectivity index is 1.72. The Kier molecular flexibility index (Phi) is 4.57. The molecule has 0 aromatic carbocycles. The number of hydrogen-bond donors (Lipinski definition) is 1. The molecule has 0 bridgehead atoms. The van der Waals surface area contributed by atoms with E-state index in [1.807, 2.05) is 24.4 Å². The standard InChI is InChI=1S/C22H27N3O4S/c1-24-13-16(21-20(22(24)26)23-9-11-29-21)18-12-15-17(25(18)10-8-14-6-7-14)4-3-5-19(15)30(2,27)28/h3-4,12-14,19,23H,5-11H2,1-2H3. The molecule has 8 heteroatoms. The van der Waals surface area contributed by atoms with Crippen LogP contribution in [-0.4, -0.2) is 37.0 Å². The fourth-order valence-corrected chi connectivity index (χ4v) is 5.69. The molecule has 0 amide bonds. The first-order valence-electron chi connectivity index (χ1n) is 10.5. The number of nitrogens with zero attached hydrogens (tertiary/aromatic N) is 2. The van der Waals surface area contributed by atoms with E-state index in [-0.39, 0.29) is 5.56 Å². The van der Waals surface area contributed by atoms with E-state index < -0.39 is 15.1 Å². The van der Waals surface area contributed by atoms with Crippen molar-refractivity contribution in [1.29, 1.82) is 0 Å². The third-order valence-corrected chi connectivity index (χ3v) is 7.85. The van der Waals surface area contributed by atoms with Gasteiger partial charge in [-0.05, 0) is 36.5 Å². The van der Waals surface area contributed by atoms with Crippen LogP contribution in [0.3, 0.4) is 0 Å². The normalized spacial score (nSPS) is 20.3. The van der Waals surface area contributed by atoms with Crippen molar-refractivity contribution >= 4 is 21.6 Å². The molecular weight excluding hydrogens is 402 g/mol. The number of pyridine rings is 1. The molecule has 3 heterocycles. The second-order valence-corrected chi connectivity index (χ2v) is 10.9. The summed E-state index contributed by atoms with van der Waals surface area (Å²) in [5, 5.41) is 2.64. The zero-order valence-electron chi connectivity index (χ0n) is 17.3. The van der Waals surface area contributed by atoms with E-state index >= 15 is 0 Å². The Morgan fingerprint density at radius 1 is 1.30 bits per heavy atom. The van der Waals surface area contributed by atoms with Gasteiger partial charge in [-0.2, -0.15) is 0 Å². The number of fused-ring (bicyclic) bond motifs is 2. The number of hydrogen-bond acceptors (Lipinski definition) is 5. The van der Waals surface area contributed by atoms with Crippen molar-refractivity contribution in [3.63, 3.8) is 0 Å². The summed E-state index contributed by atoms with van der Waals surface area (Å²) in [5.41, 5.74) is 3.89. The molecule has 1 aliphatic heterocycles.